The maximum absolute atomic E-state index is 12.6. The average molecular weight is 468 g/mol. The van der Waals surface area contributed by atoms with E-state index in [1.54, 1.807) is 31.2 Å². The van der Waals surface area contributed by atoms with Crippen LogP contribution in [-0.2, 0) is 13.0 Å². The fourth-order valence-corrected chi connectivity index (χ4v) is 4.80. The molecule has 3 aromatic carbocycles. The van der Waals surface area contributed by atoms with Gasteiger partial charge in [0.05, 0.1) is 17.7 Å². The number of amides is 2. The molecular formula is C29H29N3O3. The van der Waals surface area contributed by atoms with Gasteiger partial charge in [0.2, 0.25) is 0 Å². The maximum atomic E-state index is 12.6. The summed E-state index contributed by atoms with van der Waals surface area (Å²) >= 11 is 0. The van der Waals surface area contributed by atoms with Crippen molar-refractivity contribution < 1.29 is 14.4 Å². The molecule has 0 aliphatic carbocycles. The van der Waals surface area contributed by atoms with Crippen molar-refractivity contribution in [2.75, 3.05) is 37.6 Å². The summed E-state index contributed by atoms with van der Waals surface area (Å²) in [7, 11) is 0. The second-order valence-electron chi connectivity index (χ2n) is 9.24. The highest BCUT2D eigenvalue weighted by molar-refractivity contribution is 6.21. The maximum Gasteiger partial charge on any atom is 0.261 e. The van der Waals surface area contributed by atoms with E-state index < -0.39 is 0 Å². The van der Waals surface area contributed by atoms with Gasteiger partial charge in [-0.2, -0.15) is 0 Å². The molecule has 1 saturated heterocycles. The molecule has 2 amide bonds. The third-order valence-electron chi connectivity index (χ3n) is 6.97. The van der Waals surface area contributed by atoms with Crippen molar-refractivity contribution in [2.45, 2.75) is 19.9 Å². The van der Waals surface area contributed by atoms with Crippen LogP contribution < -0.4 is 4.90 Å². The molecule has 1 fully saturated rings. The van der Waals surface area contributed by atoms with Crippen molar-refractivity contribution in [2.24, 2.45) is 0 Å². The number of ketones is 1. The fraction of sp³-hybridized carbons (Fsp3) is 0.276. The molecule has 2 heterocycles. The van der Waals surface area contributed by atoms with Crippen LogP contribution in [0.25, 0.3) is 0 Å². The van der Waals surface area contributed by atoms with Gasteiger partial charge < -0.3 is 4.90 Å². The van der Waals surface area contributed by atoms with E-state index in [0.29, 0.717) is 17.7 Å². The van der Waals surface area contributed by atoms with Crippen LogP contribution in [0.2, 0.25) is 0 Å². The van der Waals surface area contributed by atoms with Gasteiger partial charge in [-0.15, -0.1) is 0 Å². The molecule has 0 unspecified atom stereocenters. The summed E-state index contributed by atoms with van der Waals surface area (Å²) in [5, 5.41) is 0. The molecule has 5 rings (SSSR count). The van der Waals surface area contributed by atoms with Gasteiger partial charge in [-0.3, -0.25) is 24.2 Å². The van der Waals surface area contributed by atoms with E-state index in [2.05, 4.69) is 21.9 Å². The second-order valence-corrected chi connectivity index (χ2v) is 9.24. The minimum absolute atomic E-state index is 0.0954. The van der Waals surface area contributed by atoms with E-state index in [0.717, 1.165) is 50.3 Å². The minimum Gasteiger partial charge on any atom is -0.369 e. The topological polar surface area (TPSA) is 60.9 Å². The summed E-state index contributed by atoms with van der Waals surface area (Å²) in [5.74, 6) is -0.342. The van der Waals surface area contributed by atoms with Crippen LogP contribution in [0.4, 0.5) is 5.69 Å². The Kier molecular flexibility index (Phi) is 6.47. The summed E-state index contributed by atoms with van der Waals surface area (Å²) in [5.41, 5.74) is 5.10. The first-order valence-corrected chi connectivity index (χ1v) is 12.1. The predicted octanol–water partition coefficient (Wildman–Crippen LogP) is 4.05. The number of carbonyl (C=O) groups is 3. The molecule has 2 aliphatic heterocycles. The lowest BCUT2D eigenvalue weighted by Gasteiger charge is -2.36. The Labute approximate surface area is 205 Å². The van der Waals surface area contributed by atoms with Crippen molar-refractivity contribution in [3.8, 4) is 0 Å². The average Bonchev–Trinajstić information content (AvgIpc) is 3.13. The third-order valence-corrected chi connectivity index (χ3v) is 6.97. The normalized spacial score (nSPS) is 16.0. The smallest absolute Gasteiger partial charge is 0.261 e. The Bertz CT molecular complexity index is 1210. The Morgan fingerprint density at radius 3 is 1.89 bits per heavy atom. The summed E-state index contributed by atoms with van der Waals surface area (Å²) in [6, 6.07) is 23.1. The molecule has 0 radical (unpaired) electrons. The number of hydrogen-bond donors (Lipinski definition) is 0. The van der Waals surface area contributed by atoms with E-state index in [9.17, 15) is 14.4 Å². The van der Waals surface area contributed by atoms with E-state index in [-0.39, 0.29) is 17.6 Å². The van der Waals surface area contributed by atoms with Crippen molar-refractivity contribution in [1.29, 1.82) is 0 Å². The fourth-order valence-electron chi connectivity index (χ4n) is 4.80. The summed E-state index contributed by atoms with van der Waals surface area (Å²) in [6.45, 7) is 6.84. The third kappa shape index (κ3) is 4.88. The van der Waals surface area contributed by atoms with Crippen molar-refractivity contribution >= 4 is 23.3 Å². The van der Waals surface area contributed by atoms with Gasteiger partial charge in [0.1, 0.15) is 0 Å². The number of benzene rings is 3. The first-order valence-electron chi connectivity index (χ1n) is 12.1. The molecule has 0 spiro atoms. The van der Waals surface area contributed by atoms with Crippen LogP contribution in [0, 0.1) is 0 Å². The number of fused-ring (bicyclic) bond motifs is 1. The number of imide groups is 1. The van der Waals surface area contributed by atoms with Gasteiger partial charge in [-0.25, -0.2) is 0 Å². The van der Waals surface area contributed by atoms with Gasteiger partial charge in [0.15, 0.2) is 5.78 Å². The molecule has 2 aliphatic rings. The Balaban J connectivity index is 1.10. The number of piperazine rings is 1. The van der Waals surface area contributed by atoms with Crippen LogP contribution in [0.3, 0.4) is 0 Å². The van der Waals surface area contributed by atoms with E-state index >= 15 is 0 Å². The Morgan fingerprint density at radius 2 is 1.31 bits per heavy atom. The van der Waals surface area contributed by atoms with Crippen molar-refractivity contribution in [3.05, 3.63) is 101 Å². The highest BCUT2D eigenvalue weighted by Gasteiger charge is 2.34. The predicted molar refractivity (Wildman–Crippen MR) is 136 cm³/mol. The zero-order valence-electron chi connectivity index (χ0n) is 19.9. The molecule has 178 valence electrons. The van der Waals surface area contributed by atoms with Crippen LogP contribution in [0.15, 0.2) is 72.8 Å². The van der Waals surface area contributed by atoms with Gasteiger partial charge in [0.25, 0.3) is 11.8 Å². The summed E-state index contributed by atoms with van der Waals surface area (Å²) in [4.78, 5) is 42.8. The van der Waals surface area contributed by atoms with Crippen molar-refractivity contribution in [1.82, 2.24) is 9.80 Å². The molecular weight excluding hydrogens is 438 g/mol. The second kappa shape index (κ2) is 9.84. The summed E-state index contributed by atoms with van der Waals surface area (Å²) < 4.78 is 0. The summed E-state index contributed by atoms with van der Waals surface area (Å²) in [6.07, 6.45) is 0.959. The molecule has 0 atom stereocenters. The zero-order valence-corrected chi connectivity index (χ0v) is 19.9. The first-order chi connectivity index (χ1) is 17.0. The standard InChI is InChI=1S/C29H29N3O3/c1-21(33)24-10-12-25(13-11-24)31-18-16-30(17-19-31)15-14-22-6-8-23(9-7-22)20-32-28(34)26-4-2-3-5-27(26)29(32)35/h2-13H,14-20H2,1H3. The van der Waals surface area contributed by atoms with Gasteiger partial charge in [-0.05, 0) is 60.9 Å². The largest absolute Gasteiger partial charge is 0.369 e. The van der Waals surface area contributed by atoms with Crippen LogP contribution >= 0.6 is 0 Å². The SMILES string of the molecule is CC(=O)c1ccc(N2CCN(CCc3ccc(CN4C(=O)c5ccccc5C4=O)cc3)CC2)cc1. The Hall–Kier alpha value is -3.77. The number of hydrogen-bond acceptors (Lipinski definition) is 5. The molecule has 0 N–H and O–H groups in total. The van der Waals surface area contributed by atoms with E-state index in [4.69, 9.17) is 0 Å². The number of rotatable bonds is 7. The minimum atomic E-state index is -0.219. The van der Waals surface area contributed by atoms with Gasteiger partial charge in [0, 0.05) is 44.0 Å². The lowest BCUT2D eigenvalue weighted by molar-refractivity contribution is 0.0642. The monoisotopic (exact) mass is 467 g/mol. The number of anilines is 1. The molecule has 0 bridgehead atoms. The number of Topliss-reactive ketones (excluding diaryl/α,β-unsaturated/α-hetero) is 1. The molecule has 6 nitrogen and oxygen atoms in total. The highest BCUT2D eigenvalue weighted by atomic mass is 16.2. The molecule has 0 saturated carbocycles. The molecule has 35 heavy (non-hydrogen) atoms. The van der Waals surface area contributed by atoms with Crippen LogP contribution in [0.5, 0.6) is 0 Å². The first kappa shape index (κ1) is 23.0. The van der Waals surface area contributed by atoms with E-state index in [1.807, 2.05) is 36.4 Å². The number of nitrogens with zero attached hydrogens (tertiary/aromatic N) is 3. The molecule has 6 heteroatoms. The van der Waals surface area contributed by atoms with Crippen LogP contribution in [-0.4, -0.2) is 60.1 Å². The lowest BCUT2D eigenvalue weighted by Crippen LogP contribution is -2.47. The lowest BCUT2D eigenvalue weighted by atomic mass is 10.1. The van der Waals surface area contributed by atoms with Crippen LogP contribution in [0.1, 0.15) is 49.1 Å². The highest BCUT2D eigenvalue weighted by Crippen LogP contribution is 2.24. The quantitative estimate of drug-likeness (QED) is 0.388. The van der Waals surface area contributed by atoms with Gasteiger partial charge >= 0.3 is 0 Å². The van der Waals surface area contributed by atoms with Gasteiger partial charge in [-0.1, -0.05) is 36.4 Å². The zero-order chi connectivity index (χ0) is 24.4. The molecule has 3 aromatic rings. The number of carbonyl (C=O) groups excluding carboxylic acids is 3. The Morgan fingerprint density at radius 1 is 0.743 bits per heavy atom. The van der Waals surface area contributed by atoms with Crippen molar-refractivity contribution in [3.63, 3.8) is 0 Å². The van der Waals surface area contributed by atoms with E-state index in [1.165, 1.54) is 16.2 Å². The molecule has 0 aromatic heterocycles.